The van der Waals surface area contributed by atoms with E-state index >= 15 is 0 Å². The highest BCUT2D eigenvalue weighted by molar-refractivity contribution is 7.85. The Balaban J connectivity index is 2.24. The number of fused-ring (bicyclic) bond motifs is 1. The molecule has 0 fully saturated rings. The Bertz CT molecular complexity index is 944. The van der Waals surface area contributed by atoms with Crippen LogP contribution in [0.15, 0.2) is 54.6 Å². The zero-order chi connectivity index (χ0) is 17.2. The van der Waals surface area contributed by atoms with Gasteiger partial charge in [-0.25, -0.2) is 4.79 Å². The lowest BCUT2D eigenvalue weighted by molar-refractivity contribution is -0.145. The van der Waals surface area contributed by atoms with Crippen molar-refractivity contribution in [2.24, 2.45) is 0 Å². The highest BCUT2D eigenvalue weighted by atomic mass is 32.2. The molecule has 1 aliphatic heterocycles. The topological polar surface area (TPSA) is 81.7 Å². The van der Waals surface area contributed by atoms with Crippen molar-refractivity contribution in [3.63, 3.8) is 0 Å². The average molecular weight is 343 g/mol. The van der Waals surface area contributed by atoms with Crippen LogP contribution < -0.4 is 8.91 Å². The molecule has 1 N–H and O–H groups in total. The van der Waals surface area contributed by atoms with Crippen LogP contribution in [0, 0.1) is 11.8 Å². The van der Waals surface area contributed by atoms with Crippen LogP contribution in [0.4, 0.5) is 0 Å². The average Bonchev–Trinajstić information content (AvgIpc) is 2.59. The van der Waals surface area contributed by atoms with Gasteiger partial charge in [-0.05, 0) is 18.2 Å². The summed E-state index contributed by atoms with van der Waals surface area (Å²) in [5.74, 6) is 4.72. The number of benzene rings is 2. The van der Waals surface area contributed by atoms with E-state index in [1.54, 1.807) is 42.5 Å². The quantitative estimate of drug-likeness (QED) is 0.624. The van der Waals surface area contributed by atoms with E-state index in [1.165, 1.54) is 13.2 Å². The smallest absolute Gasteiger partial charge is 0.384 e. The maximum Gasteiger partial charge on any atom is 0.384 e. The van der Waals surface area contributed by atoms with E-state index < -0.39 is 21.8 Å². The standard InChI is InChI=1S/C17H13NO5S/c1-22-16(19)17(12-11-13-7-3-2-4-8-13)14-9-5-6-10-15(14)23-24(20,21)18-17/h2-10,18H,1H3/t17-/m1/s1. The molecular weight excluding hydrogens is 330 g/mol. The Morgan fingerprint density at radius 2 is 1.79 bits per heavy atom. The first-order valence-electron chi connectivity index (χ1n) is 6.96. The van der Waals surface area contributed by atoms with Gasteiger partial charge in [-0.2, -0.15) is 8.42 Å². The molecule has 0 aromatic heterocycles. The molecule has 2 aromatic carbocycles. The monoisotopic (exact) mass is 343 g/mol. The Labute approximate surface area is 139 Å². The molecule has 0 radical (unpaired) electrons. The predicted molar refractivity (Wildman–Crippen MR) is 86.1 cm³/mol. The van der Waals surface area contributed by atoms with Crippen LogP contribution in [-0.4, -0.2) is 21.5 Å². The van der Waals surface area contributed by atoms with Crippen molar-refractivity contribution in [1.82, 2.24) is 4.72 Å². The maximum absolute atomic E-state index is 12.5. The molecule has 2 aromatic rings. The Morgan fingerprint density at radius 3 is 2.50 bits per heavy atom. The van der Waals surface area contributed by atoms with Crippen molar-refractivity contribution < 1.29 is 22.1 Å². The summed E-state index contributed by atoms with van der Waals surface area (Å²) >= 11 is 0. The summed E-state index contributed by atoms with van der Waals surface area (Å²) in [6, 6.07) is 15.2. The molecular formula is C17H13NO5S. The van der Waals surface area contributed by atoms with Gasteiger partial charge in [0, 0.05) is 11.1 Å². The molecule has 0 bridgehead atoms. The number of hydrogen-bond donors (Lipinski definition) is 1. The Kier molecular flexibility index (Phi) is 4.01. The minimum Gasteiger partial charge on any atom is -0.467 e. The normalized spacial score (nSPS) is 20.7. The van der Waals surface area contributed by atoms with Crippen molar-refractivity contribution >= 4 is 16.3 Å². The van der Waals surface area contributed by atoms with Gasteiger partial charge >= 0.3 is 16.3 Å². The van der Waals surface area contributed by atoms with Crippen molar-refractivity contribution in [2.75, 3.05) is 7.11 Å². The Hall–Kier alpha value is -2.82. The molecule has 24 heavy (non-hydrogen) atoms. The third kappa shape index (κ3) is 2.85. The zero-order valence-electron chi connectivity index (χ0n) is 12.6. The molecule has 1 atom stereocenters. The number of rotatable bonds is 1. The number of nitrogens with one attached hydrogen (secondary N) is 1. The molecule has 0 unspecified atom stereocenters. The van der Waals surface area contributed by atoms with E-state index in [0.29, 0.717) is 5.56 Å². The summed E-state index contributed by atoms with van der Waals surface area (Å²) < 4.78 is 36.0. The van der Waals surface area contributed by atoms with E-state index in [2.05, 4.69) is 16.6 Å². The lowest BCUT2D eigenvalue weighted by atomic mass is 9.90. The van der Waals surface area contributed by atoms with Crippen molar-refractivity contribution in [2.45, 2.75) is 5.54 Å². The van der Waals surface area contributed by atoms with E-state index in [9.17, 15) is 13.2 Å². The third-order valence-electron chi connectivity index (χ3n) is 3.43. The molecule has 0 saturated heterocycles. The largest absolute Gasteiger partial charge is 0.467 e. The number of hydrogen-bond acceptors (Lipinski definition) is 5. The fourth-order valence-electron chi connectivity index (χ4n) is 2.37. The van der Waals surface area contributed by atoms with Gasteiger partial charge in [-0.3, -0.25) is 0 Å². The fourth-order valence-corrected chi connectivity index (χ4v) is 3.41. The molecule has 1 aliphatic rings. The second-order valence-electron chi connectivity index (χ2n) is 4.99. The van der Waals surface area contributed by atoms with Gasteiger partial charge in [-0.1, -0.05) is 48.2 Å². The molecule has 122 valence electrons. The fraction of sp³-hybridized carbons (Fsp3) is 0.118. The van der Waals surface area contributed by atoms with E-state index in [0.717, 1.165) is 0 Å². The van der Waals surface area contributed by atoms with Gasteiger partial charge in [0.1, 0.15) is 0 Å². The minimum absolute atomic E-state index is 0.0315. The number of ether oxygens (including phenoxy) is 1. The van der Waals surface area contributed by atoms with Crippen LogP contribution in [0.25, 0.3) is 0 Å². The summed E-state index contributed by atoms with van der Waals surface area (Å²) in [6.07, 6.45) is 0. The van der Waals surface area contributed by atoms with E-state index in [4.69, 9.17) is 8.92 Å². The predicted octanol–water partition coefficient (Wildman–Crippen LogP) is 1.33. The summed E-state index contributed by atoms with van der Waals surface area (Å²) in [4.78, 5) is 12.5. The van der Waals surface area contributed by atoms with Crippen molar-refractivity contribution in [3.05, 3.63) is 65.7 Å². The number of methoxy groups -OCH3 is 1. The van der Waals surface area contributed by atoms with Gasteiger partial charge < -0.3 is 8.92 Å². The summed E-state index contributed by atoms with van der Waals surface area (Å²) in [5.41, 5.74) is -0.975. The molecule has 7 heteroatoms. The third-order valence-corrected chi connectivity index (χ3v) is 4.38. The van der Waals surface area contributed by atoms with E-state index in [1.807, 2.05) is 6.07 Å². The van der Waals surface area contributed by atoms with Crippen LogP contribution in [-0.2, 0) is 25.4 Å². The number of carbonyl (C=O) groups excluding carboxylic acids is 1. The van der Waals surface area contributed by atoms with Crippen LogP contribution >= 0.6 is 0 Å². The zero-order valence-corrected chi connectivity index (χ0v) is 13.5. The Morgan fingerprint density at radius 1 is 1.12 bits per heavy atom. The molecule has 0 saturated carbocycles. The summed E-state index contributed by atoms with van der Waals surface area (Å²) in [6.45, 7) is 0. The summed E-state index contributed by atoms with van der Waals surface area (Å²) in [5, 5.41) is 0. The van der Waals surface area contributed by atoms with Gasteiger partial charge in [0.05, 0.1) is 7.11 Å². The molecule has 1 heterocycles. The van der Waals surface area contributed by atoms with Gasteiger partial charge in [0.25, 0.3) is 0 Å². The van der Waals surface area contributed by atoms with Gasteiger partial charge in [-0.15, -0.1) is 4.72 Å². The second kappa shape index (κ2) is 6.00. The van der Waals surface area contributed by atoms with Gasteiger partial charge in [0.15, 0.2) is 5.75 Å². The first-order valence-corrected chi connectivity index (χ1v) is 8.37. The molecule has 3 rings (SSSR count). The highest BCUT2D eigenvalue weighted by Crippen LogP contribution is 2.36. The highest BCUT2D eigenvalue weighted by Gasteiger charge is 2.50. The van der Waals surface area contributed by atoms with Crippen molar-refractivity contribution in [1.29, 1.82) is 0 Å². The number of carbonyl (C=O) groups is 1. The number of para-hydroxylation sites is 1. The van der Waals surface area contributed by atoms with E-state index in [-0.39, 0.29) is 11.3 Å². The first kappa shape index (κ1) is 16.1. The molecule has 0 amide bonds. The van der Waals surface area contributed by atoms with Crippen LogP contribution in [0.3, 0.4) is 0 Å². The molecule has 6 nitrogen and oxygen atoms in total. The SMILES string of the molecule is COC(=O)[C@]1(C#Cc2ccccc2)NS(=O)(=O)Oc2ccccc21. The minimum atomic E-state index is -4.22. The number of esters is 1. The van der Waals surface area contributed by atoms with Crippen molar-refractivity contribution in [3.8, 4) is 17.6 Å². The first-order chi connectivity index (χ1) is 11.5. The maximum atomic E-state index is 12.5. The molecule has 0 spiro atoms. The van der Waals surface area contributed by atoms with Gasteiger partial charge in [0.2, 0.25) is 5.54 Å². The van der Waals surface area contributed by atoms with Crippen LogP contribution in [0.2, 0.25) is 0 Å². The molecule has 0 aliphatic carbocycles. The lowest BCUT2D eigenvalue weighted by Crippen LogP contribution is -2.55. The van der Waals surface area contributed by atoms with Crippen LogP contribution in [0.5, 0.6) is 5.75 Å². The summed E-state index contributed by atoms with van der Waals surface area (Å²) in [7, 11) is -3.05. The lowest BCUT2D eigenvalue weighted by Gasteiger charge is -2.32. The second-order valence-corrected chi connectivity index (χ2v) is 6.27. The van der Waals surface area contributed by atoms with Crippen LogP contribution in [0.1, 0.15) is 11.1 Å².